The second-order valence-corrected chi connectivity index (χ2v) is 3.59. The highest BCUT2D eigenvalue weighted by molar-refractivity contribution is 5.62. The average molecular weight is 197 g/mol. The molecule has 1 aromatic rings. The molecule has 1 aliphatic heterocycles. The fourth-order valence-electron chi connectivity index (χ4n) is 1.93. The predicted octanol–water partition coefficient (Wildman–Crippen LogP) is 2.85. The van der Waals surface area contributed by atoms with Crippen molar-refractivity contribution >= 4 is 5.69 Å². The summed E-state index contributed by atoms with van der Waals surface area (Å²) >= 11 is 0. The van der Waals surface area contributed by atoms with E-state index < -0.39 is 12.5 Å². The molecule has 0 amide bonds. The first-order valence-electron chi connectivity index (χ1n) is 4.87. The van der Waals surface area contributed by atoms with Gasteiger partial charge in [-0.3, -0.25) is 0 Å². The number of aryl methyl sites for hydroxylation is 1. The van der Waals surface area contributed by atoms with Gasteiger partial charge in [-0.25, -0.2) is 8.78 Å². The van der Waals surface area contributed by atoms with Crippen molar-refractivity contribution in [2.45, 2.75) is 32.2 Å². The van der Waals surface area contributed by atoms with Crippen LogP contribution < -0.4 is 5.32 Å². The molecule has 1 atom stereocenters. The van der Waals surface area contributed by atoms with Gasteiger partial charge in [0.15, 0.2) is 0 Å². The number of anilines is 1. The van der Waals surface area contributed by atoms with Gasteiger partial charge >= 0.3 is 0 Å². The van der Waals surface area contributed by atoms with Crippen LogP contribution in [0.5, 0.6) is 0 Å². The Balaban J connectivity index is 2.30. The minimum absolute atomic E-state index is 0.445. The number of para-hydroxylation sites is 1. The third kappa shape index (κ3) is 1.47. The number of nitrogens with one attached hydrogen (secondary N) is 1. The molecule has 1 unspecified atom stereocenters. The lowest BCUT2D eigenvalue weighted by molar-refractivity contribution is 0.126. The molecule has 0 spiro atoms. The van der Waals surface area contributed by atoms with Crippen LogP contribution >= 0.6 is 0 Å². The van der Waals surface area contributed by atoms with Crippen LogP contribution in [-0.4, -0.2) is 12.5 Å². The van der Waals surface area contributed by atoms with Gasteiger partial charge in [-0.1, -0.05) is 25.1 Å². The highest BCUT2D eigenvalue weighted by atomic mass is 19.3. The number of hydrogen-bond acceptors (Lipinski definition) is 1. The summed E-state index contributed by atoms with van der Waals surface area (Å²) in [7, 11) is 0. The predicted molar refractivity (Wildman–Crippen MR) is 52.9 cm³/mol. The van der Waals surface area contributed by atoms with Crippen molar-refractivity contribution < 1.29 is 8.78 Å². The fourth-order valence-corrected chi connectivity index (χ4v) is 1.93. The summed E-state index contributed by atoms with van der Waals surface area (Å²) in [5.74, 6) is 0. The lowest BCUT2D eigenvalue weighted by Crippen LogP contribution is -2.24. The van der Waals surface area contributed by atoms with Crippen molar-refractivity contribution in [3.8, 4) is 0 Å². The molecule has 1 aromatic carbocycles. The molecule has 1 nitrogen and oxygen atoms in total. The van der Waals surface area contributed by atoms with Crippen LogP contribution in [-0.2, 0) is 12.8 Å². The van der Waals surface area contributed by atoms with Crippen LogP contribution in [0, 0.1) is 0 Å². The van der Waals surface area contributed by atoms with Crippen LogP contribution in [0.4, 0.5) is 14.5 Å². The normalized spacial score (nSPS) is 19.6. The monoisotopic (exact) mass is 197 g/mol. The van der Waals surface area contributed by atoms with Crippen LogP contribution in [0.2, 0.25) is 0 Å². The number of halogens is 2. The van der Waals surface area contributed by atoms with Gasteiger partial charge in [-0.05, 0) is 17.5 Å². The summed E-state index contributed by atoms with van der Waals surface area (Å²) in [6.45, 7) is 2.03. The number of rotatable bonds is 2. The molecular weight excluding hydrogens is 184 g/mol. The number of hydrogen-bond donors (Lipinski definition) is 1. The standard InChI is InChI=1S/C11H13F2N/c1-2-7-4-3-5-8-6-9(11(12)13)14-10(7)8/h3-5,9,11,14H,2,6H2,1H3. The first-order valence-corrected chi connectivity index (χ1v) is 4.87. The first-order chi connectivity index (χ1) is 6.72. The van der Waals surface area contributed by atoms with Gasteiger partial charge < -0.3 is 5.32 Å². The van der Waals surface area contributed by atoms with E-state index in [1.165, 1.54) is 0 Å². The lowest BCUT2D eigenvalue weighted by atomic mass is 10.1. The van der Waals surface area contributed by atoms with Gasteiger partial charge in [0.1, 0.15) is 0 Å². The molecule has 1 aliphatic rings. The maximum atomic E-state index is 12.5. The van der Waals surface area contributed by atoms with Crippen molar-refractivity contribution in [3.63, 3.8) is 0 Å². The third-order valence-corrected chi connectivity index (χ3v) is 2.69. The van der Waals surface area contributed by atoms with Crippen molar-refractivity contribution in [1.29, 1.82) is 0 Å². The van der Waals surface area contributed by atoms with E-state index in [4.69, 9.17) is 0 Å². The number of benzene rings is 1. The number of alkyl halides is 2. The van der Waals surface area contributed by atoms with Crippen LogP contribution in [0.3, 0.4) is 0 Å². The molecule has 0 fully saturated rings. The molecule has 3 heteroatoms. The highest BCUT2D eigenvalue weighted by Crippen LogP contribution is 2.31. The van der Waals surface area contributed by atoms with E-state index in [1.807, 2.05) is 25.1 Å². The van der Waals surface area contributed by atoms with E-state index in [1.54, 1.807) is 0 Å². The summed E-state index contributed by atoms with van der Waals surface area (Å²) in [6, 6.07) is 5.15. The summed E-state index contributed by atoms with van der Waals surface area (Å²) in [6.07, 6.45) is -0.959. The fraction of sp³-hybridized carbons (Fsp3) is 0.455. The summed E-state index contributed by atoms with van der Waals surface area (Å²) in [5, 5.41) is 2.90. The van der Waals surface area contributed by atoms with Crippen LogP contribution in [0.1, 0.15) is 18.1 Å². The zero-order chi connectivity index (χ0) is 10.1. The lowest BCUT2D eigenvalue weighted by Gasteiger charge is -2.10. The summed E-state index contributed by atoms with van der Waals surface area (Å²) in [4.78, 5) is 0. The van der Waals surface area contributed by atoms with E-state index in [2.05, 4.69) is 5.32 Å². The van der Waals surface area contributed by atoms with E-state index >= 15 is 0 Å². The molecule has 0 radical (unpaired) electrons. The molecule has 0 aromatic heterocycles. The zero-order valence-electron chi connectivity index (χ0n) is 8.06. The Morgan fingerprint density at radius 2 is 2.29 bits per heavy atom. The minimum atomic E-state index is -2.29. The van der Waals surface area contributed by atoms with Gasteiger partial charge in [-0.2, -0.15) is 0 Å². The third-order valence-electron chi connectivity index (χ3n) is 2.69. The Labute approximate surface area is 82.1 Å². The summed E-state index contributed by atoms with van der Waals surface area (Å²) in [5.41, 5.74) is 3.08. The van der Waals surface area contributed by atoms with E-state index in [9.17, 15) is 8.78 Å². The number of fused-ring (bicyclic) bond motifs is 1. The van der Waals surface area contributed by atoms with Gasteiger partial charge in [0.05, 0.1) is 6.04 Å². The molecule has 1 N–H and O–H groups in total. The van der Waals surface area contributed by atoms with Crippen molar-refractivity contribution in [2.24, 2.45) is 0 Å². The van der Waals surface area contributed by atoms with Crippen molar-refractivity contribution in [1.82, 2.24) is 0 Å². The van der Waals surface area contributed by atoms with E-state index in [0.717, 1.165) is 23.2 Å². The minimum Gasteiger partial charge on any atom is -0.376 e. The quantitative estimate of drug-likeness (QED) is 0.768. The largest absolute Gasteiger partial charge is 0.376 e. The van der Waals surface area contributed by atoms with Gasteiger partial charge in [-0.15, -0.1) is 0 Å². The Hall–Kier alpha value is -1.12. The molecule has 2 rings (SSSR count). The molecule has 0 bridgehead atoms. The Morgan fingerprint density at radius 1 is 1.50 bits per heavy atom. The van der Waals surface area contributed by atoms with Crippen LogP contribution in [0.15, 0.2) is 18.2 Å². The SMILES string of the molecule is CCc1cccc2c1NC(C(F)F)C2. The second kappa shape index (κ2) is 3.56. The molecule has 76 valence electrons. The van der Waals surface area contributed by atoms with E-state index in [0.29, 0.717) is 6.42 Å². The Bertz CT molecular complexity index is 336. The second-order valence-electron chi connectivity index (χ2n) is 3.59. The maximum absolute atomic E-state index is 12.5. The average Bonchev–Trinajstić information content (AvgIpc) is 2.60. The Morgan fingerprint density at radius 3 is 2.93 bits per heavy atom. The van der Waals surface area contributed by atoms with Crippen molar-refractivity contribution in [2.75, 3.05) is 5.32 Å². The molecule has 0 aliphatic carbocycles. The van der Waals surface area contributed by atoms with Crippen LogP contribution in [0.25, 0.3) is 0 Å². The molecule has 0 saturated carbocycles. The Kier molecular flexibility index (Phi) is 2.40. The van der Waals surface area contributed by atoms with Gasteiger partial charge in [0.2, 0.25) is 0 Å². The van der Waals surface area contributed by atoms with Gasteiger partial charge in [0.25, 0.3) is 6.43 Å². The topological polar surface area (TPSA) is 12.0 Å². The smallest absolute Gasteiger partial charge is 0.258 e. The molecule has 0 saturated heterocycles. The molecular formula is C11H13F2N. The van der Waals surface area contributed by atoms with Gasteiger partial charge in [0, 0.05) is 12.1 Å². The maximum Gasteiger partial charge on any atom is 0.258 e. The molecule has 1 heterocycles. The first kappa shape index (κ1) is 9.44. The highest BCUT2D eigenvalue weighted by Gasteiger charge is 2.28. The van der Waals surface area contributed by atoms with E-state index in [-0.39, 0.29) is 0 Å². The zero-order valence-corrected chi connectivity index (χ0v) is 8.06. The summed E-state index contributed by atoms with van der Waals surface area (Å²) < 4.78 is 25.0. The molecule has 14 heavy (non-hydrogen) atoms. The van der Waals surface area contributed by atoms with Crippen molar-refractivity contribution in [3.05, 3.63) is 29.3 Å².